The Hall–Kier alpha value is -2.58. The van der Waals surface area contributed by atoms with Gasteiger partial charge in [0.05, 0.1) is 24.1 Å². The van der Waals surface area contributed by atoms with Crippen molar-refractivity contribution in [2.75, 3.05) is 0 Å². The van der Waals surface area contributed by atoms with E-state index >= 15 is 0 Å². The predicted octanol–water partition coefficient (Wildman–Crippen LogP) is 1.36. The van der Waals surface area contributed by atoms with E-state index in [-0.39, 0.29) is 11.4 Å². The molecule has 0 aliphatic heterocycles. The molecular formula is C15H15N5O2S. The molecule has 0 aliphatic carbocycles. The molecule has 118 valence electrons. The maximum atomic E-state index is 12.2. The minimum atomic E-state index is -3.61. The number of nitrogens with zero attached hydrogens (tertiary/aromatic N) is 4. The Morgan fingerprint density at radius 1 is 1.17 bits per heavy atom. The maximum absolute atomic E-state index is 12.2. The zero-order valence-electron chi connectivity index (χ0n) is 12.4. The molecule has 0 saturated carbocycles. The molecule has 0 radical (unpaired) electrons. The first-order chi connectivity index (χ1) is 11.0. The van der Waals surface area contributed by atoms with Crippen molar-refractivity contribution in [3.63, 3.8) is 0 Å². The lowest BCUT2D eigenvalue weighted by Gasteiger charge is -2.06. The van der Waals surface area contributed by atoms with Gasteiger partial charge in [0.1, 0.15) is 11.2 Å². The summed E-state index contributed by atoms with van der Waals surface area (Å²) in [5.41, 5.74) is 2.29. The van der Waals surface area contributed by atoms with Crippen molar-refractivity contribution in [3.8, 4) is 11.3 Å². The molecule has 0 bridgehead atoms. The predicted molar refractivity (Wildman–Crippen MR) is 84.7 cm³/mol. The molecule has 0 unspecified atom stereocenters. The Bertz CT molecular complexity index is 906. The SMILES string of the molecule is Cn1cc(S(=O)(=O)NCc2cc(-c3ccccc3)ncn2)cn1. The fourth-order valence-corrected chi connectivity index (χ4v) is 3.03. The Kier molecular flexibility index (Phi) is 4.18. The highest BCUT2D eigenvalue weighted by atomic mass is 32.2. The van der Waals surface area contributed by atoms with E-state index in [0.717, 1.165) is 11.3 Å². The molecule has 1 aromatic carbocycles. The highest BCUT2D eigenvalue weighted by Crippen LogP contribution is 2.16. The van der Waals surface area contributed by atoms with Gasteiger partial charge in [0.25, 0.3) is 0 Å². The van der Waals surface area contributed by atoms with Gasteiger partial charge in [-0.25, -0.2) is 23.1 Å². The van der Waals surface area contributed by atoms with Crippen molar-refractivity contribution in [2.24, 2.45) is 7.05 Å². The van der Waals surface area contributed by atoms with Gasteiger partial charge in [-0.05, 0) is 6.07 Å². The van der Waals surface area contributed by atoms with Crippen LogP contribution in [0.15, 0.2) is 60.0 Å². The smallest absolute Gasteiger partial charge is 0.244 e. The quantitative estimate of drug-likeness (QED) is 0.763. The van der Waals surface area contributed by atoms with Crippen LogP contribution in [0.25, 0.3) is 11.3 Å². The number of hydrogen-bond donors (Lipinski definition) is 1. The third kappa shape index (κ3) is 3.61. The van der Waals surface area contributed by atoms with Crippen LogP contribution in [0, 0.1) is 0 Å². The largest absolute Gasteiger partial charge is 0.274 e. The van der Waals surface area contributed by atoms with Crippen LogP contribution in [0.4, 0.5) is 0 Å². The number of benzene rings is 1. The molecule has 2 heterocycles. The van der Waals surface area contributed by atoms with Crippen molar-refractivity contribution in [1.82, 2.24) is 24.5 Å². The fourth-order valence-electron chi connectivity index (χ4n) is 2.05. The number of hydrogen-bond acceptors (Lipinski definition) is 5. The lowest BCUT2D eigenvalue weighted by Crippen LogP contribution is -2.23. The van der Waals surface area contributed by atoms with E-state index in [1.807, 2.05) is 30.3 Å². The third-order valence-corrected chi connectivity index (χ3v) is 4.58. The maximum Gasteiger partial charge on any atom is 0.244 e. The summed E-state index contributed by atoms with van der Waals surface area (Å²) >= 11 is 0. The summed E-state index contributed by atoms with van der Waals surface area (Å²) in [6.07, 6.45) is 4.17. The van der Waals surface area contributed by atoms with Crippen molar-refractivity contribution < 1.29 is 8.42 Å². The molecule has 3 rings (SSSR count). The molecule has 2 aromatic heterocycles. The topological polar surface area (TPSA) is 89.8 Å². The van der Waals surface area contributed by atoms with Crippen LogP contribution in [-0.4, -0.2) is 28.2 Å². The third-order valence-electron chi connectivity index (χ3n) is 3.23. The Labute approximate surface area is 134 Å². The minimum Gasteiger partial charge on any atom is -0.274 e. The lowest BCUT2D eigenvalue weighted by atomic mass is 10.1. The van der Waals surface area contributed by atoms with Crippen molar-refractivity contribution in [3.05, 3.63) is 60.8 Å². The van der Waals surface area contributed by atoms with Crippen LogP contribution >= 0.6 is 0 Å². The molecule has 7 nitrogen and oxygen atoms in total. The lowest BCUT2D eigenvalue weighted by molar-refractivity contribution is 0.580. The van der Waals surface area contributed by atoms with E-state index < -0.39 is 10.0 Å². The average Bonchev–Trinajstić information content (AvgIpc) is 3.02. The van der Waals surface area contributed by atoms with Gasteiger partial charge in [-0.3, -0.25) is 4.68 Å². The standard InChI is InChI=1S/C15H15N5O2S/c1-20-10-14(9-18-20)23(21,22)19-8-13-7-15(17-11-16-13)12-5-3-2-4-6-12/h2-7,9-11,19H,8H2,1H3. The monoisotopic (exact) mass is 329 g/mol. The van der Waals surface area contributed by atoms with Crippen LogP contribution in [0.1, 0.15) is 5.69 Å². The van der Waals surface area contributed by atoms with E-state index in [4.69, 9.17) is 0 Å². The molecular weight excluding hydrogens is 314 g/mol. The van der Waals surface area contributed by atoms with E-state index in [1.165, 1.54) is 23.4 Å². The zero-order chi connectivity index (χ0) is 16.3. The first-order valence-corrected chi connectivity index (χ1v) is 8.37. The van der Waals surface area contributed by atoms with Crippen LogP contribution < -0.4 is 4.72 Å². The highest BCUT2D eigenvalue weighted by molar-refractivity contribution is 7.89. The summed E-state index contributed by atoms with van der Waals surface area (Å²) in [5.74, 6) is 0. The van der Waals surface area contributed by atoms with Crippen LogP contribution in [0.3, 0.4) is 0 Å². The summed E-state index contributed by atoms with van der Waals surface area (Å²) in [7, 11) is -1.95. The van der Waals surface area contributed by atoms with Gasteiger partial charge in [0, 0.05) is 18.8 Å². The second-order valence-electron chi connectivity index (χ2n) is 4.93. The van der Waals surface area contributed by atoms with E-state index in [2.05, 4.69) is 19.8 Å². The van der Waals surface area contributed by atoms with Crippen LogP contribution in [0.5, 0.6) is 0 Å². The van der Waals surface area contributed by atoms with Gasteiger partial charge in [0.15, 0.2) is 0 Å². The van der Waals surface area contributed by atoms with Gasteiger partial charge >= 0.3 is 0 Å². The Morgan fingerprint density at radius 3 is 2.65 bits per heavy atom. The minimum absolute atomic E-state index is 0.0829. The number of sulfonamides is 1. The van der Waals surface area contributed by atoms with Gasteiger partial charge in [-0.15, -0.1) is 0 Å². The van der Waals surface area contributed by atoms with E-state index in [1.54, 1.807) is 13.1 Å². The number of rotatable bonds is 5. The number of aryl methyl sites for hydroxylation is 1. The summed E-state index contributed by atoms with van der Waals surface area (Å²) in [6.45, 7) is 0.0829. The van der Waals surface area contributed by atoms with Crippen molar-refractivity contribution in [2.45, 2.75) is 11.4 Å². The van der Waals surface area contributed by atoms with Gasteiger partial charge in [-0.2, -0.15) is 5.10 Å². The average molecular weight is 329 g/mol. The van der Waals surface area contributed by atoms with Gasteiger partial charge in [-0.1, -0.05) is 30.3 Å². The summed E-state index contributed by atoms with van der Waals surface area (Å²) in [6, 6.07) is 11.4. The summed E-state index contributed by atoms with van der Waals surface area (Å²) in [4.78, 5) is 8.44. The molecule has 0 saturated heterocycles. The van der Waals surface area contributed by atoms with Crippen LogP contribution in [0.2, 0.25) is 0 Å². The normalized spacial score (nSPS) is 11.5. The fraction of sp³-hybridized carbons (Fsp3) is 0.133. The Balaban J connectivity index is 1.76. The summed E-state index contributed by atoms with van der Waals surface area (Å²) in [5, 5.41) is 3.86. The van der Waals surface area contributed by atoms with E-state index in [9.17, 15) is 8.42 Å². The first-order valence-electron chi connectivity index (χ1n) is 6.89. The van der Waals surface area contributed by atoms with Crippen LogP contribution in [-0.2, 0) is 23.6 Å². The molecule has 3 aromatic rings. The molecule has 0 atom stereocenters. The molecule has 1 N–H and O–H groups in total. The molecule has 0 fully saturated rings. The molecule has 23 heavy (non-hydrogen) atoms. The Morgan fingerprint density at radius 2 is 1.96 bits per heavy atom. The van der Waals surface area contributed by atoms with Crippen molar-refractivity contribution >= 4 is 10.0 Å². The second kappa shape index (κ2) is 6.27. The second-order valence-corrected chi connectivity index (χ2v) is 6.70. The number of nitrogens with one attached hydrogen (secondary N) is 1. The molecule has 0 amide bonds. The number of aromatic nitrogens is 4. The molecule has 8 heteroatoms. The zero-order valence-corrected chi connectivity index (χ0v) is 13.2. The molecule has 0 aliphatic rings. The summed E-state index contributed by atoms with van der Waals surface area (Å²) < 4.78 is 28.3. The van der Waals surface area contributed by atoms with E-state index in [0.29, 0.717) is 5.69 Å². The van der Waals surface area contributed by atoms with Gasteiger partial charge in [0.2, 0.25) is 10.0 Å². The van der Waals surface area contributed by atoms with Gasteiger partial charge < -0.3 is 0 Å². The molecule has 0 spiro atoms. The highest BCUT2D eigenvalue weighted by Gasteiger charge is 2.16. The van der Waals surface area contributed by atoms with Crippen molar-refractivity contribution in [1.29, 1.82) is 0 Å². The first kappa shape index (κ1) is 15.3.